The van der Waals surface area contributed by atoms with Gasteiger partial charge < -0.3 is 45.0 Å². The number of rotatable bonds is 24. The summed E-state index contributed by atoms with van der Waals surface area (Å²) in [6.07, 6.45) is 2.86. The number of halogens is 4. The van der Waals surface area contributed by atoms with E-state index in [0.717, 1.165) is 18.6 Å². The van der Waals surface area contributed by atoms with Gasteiger partial charge in [-0.3, -0.25) is 14.4 Å². The summed E-state index contributed by atoms with van der Waals surface area (Å²) in [4.78, 5) is 48.0. The molecule has 0 saturated carbocycles. The van der Waals surface area contributed by atoms with Crippen molar-refractivity contribution in [2.75, 3.05) is 65.2 Å². The summed E-state index contributed by atoms with van der Waals surface area (Å²) in [7, 11) is 0. The molecular formula is C31H44F4N4O9S. The summed E-state index contributed by atoms with van der Waals surface area (Å²) in [5, 5.41) is 11.8. The molecule has 13 nitrogen and oxygen atoms in total. The van der Waals surface area contributed by atoms with Gasteiger partial charge in [0.1, 0.15) is 6.04 Å². The molecule has 3 rings (SSSR count). The van der Waals surface area contributed by atoms with Gasteiger partial charge in [0, 0.05) is 30.0 Å². The molecule has 0 aliphatic carbocycles. The van der Waals surface area contributed by atoms with Crippen LogP contribution in [0.2, 0.25) is 0 Å². The Kier molecular flexibility index (Phi) is 17.9. The summed E-state index contributed by atoms with van der Waals surface area (Å²) in [6, 6.07) is -0.395. The van der Waals surface area contributed by atoms with E-state index in [-0.39, 0.29) is 82.2 Å². The number of carbonyl (C=O) groups is 4. The van der Waals surface area contributed by atoms with E-state index in [0.29, 0.717) is 37.7 Å². The van der Waals surface area contributed by atoms with Gasteiger partial charge in [0.15, 0.2) is 11.6 Å². The van der Waals surface area contributed by atoms with E-state index < -0.39 is 47.5 Å². The number of unbranched alkanes of at least 4 members (excludes halogenated alkanes) is 1. The minimum absolute atomic E-state index is 0.00914. The lowest BCUT2D eigenvalue weighted by Gasteiger charge is -2.18. The van der Waals surface area contributed by atoms with Crippen LogP contribution in [0.5, 0.6) is 5.75 Å². The second-order valence-corrected chi connectivity index (χ2v) is 12.4. The van der Waals surface area contributed by atoms with Crippen molar-refractivity contribution in [3.8, 4) is 5.75 Å². The van der Waals surface area contributed by atoms with E-state index in [9.17, 15) is 36.7 Å². The summed E-state index contributed by atoms with van der Waals surface area (Å²) in [5.41, 5.74) is 0. The van der Waals surface area contributed by atoms with Crippen molar-refractivity contribution >= 4 is 35.6 Å². The third-order valence-electron chi connectivity index (χ3n) is 7.54. The van der Waals surface area contributed by atoms with Gasteiger partial charge in [-0.15, -0.1) is 0 Å². The fourth-order valence-corrected chi connectivity index (χ4v) is 6.53. The van der Waals surface area contributed by atoms with Crippen LogP contribution < -0.4 is 26.0 Å². The molecule has 4 unspecified atom stereocenters. The number of nitrogens with one attached hydrogen (secondary N) is 4. The number of benzene rings is 1. The van der Waals surface area contributed by atoms with Gasteiger partial charge in [-0.1, -0.05) is 13.3 Å². The van der Waals surface area contributed by atoms with Gasteiger partial charge in [0.25, 0.3) is 0 Å². The highest BCUT2D eigenvalue weighted by Gasteiger charge is 2.42. The maximum Gasteiger partial charge on any atom is 0.315 e. The Morgan fingerprint density at radius 1 is 0.878 bits per heavy atom. The minimum Gasteiger partial charge on any atom is -0.420 e. The van der Waals surface area contributed by atoms with Crippen molar-refractivity contribution in [2.45, 2.75) is 68.8 Å². The van der Waals surface area contributed by atoms with Crippen molar-refractivity contribution in [1.29, 1.82) is 0 Å². The van der Waals surface area contributed by atoms with Crippen molar-refractivity contribution < 1.29 is 60.4 Å². The molecule has 276 valence electrons. The van der Waals surface area contributed by atoms with Crippen LogP contribution in [0.1, 0.15) is 45.4 Å². The van der Waals surface area contributed by atoms with E-state index in [1.54, 1.807) is 0 Å². The molecule has 2 aliphatic heterocycles. The fourth-order valence-electron chi connectivity index (χ4n) is 4.99. The lowest BCUT2D eigenvalue weighted by molar-refractivity contribution is -0.136. The smallest absolute Gasteiger partial charge is 0.315 e. The van der Waals surface area contributed by atoms with Gasteiger partial charge in [-0.25, -0.2) is 13.6 Å². The third-order valence-corrected chi connectivity index (χ3v) is 9.05. The maximum atomic E-state index is 13.5. The first kappa shape index (κ1) is 40.2. The highest BCUT2D eigenvalue weighted by atomic mass is 32.2. The fraction of sp³-hybridized carbons (Fsp3) is 0.677. The Balaban J connectivity index is 1.09. The Morgan fingerprint density at radius 3 is 2.12 bits per heavy atom. The maximum absolute atomic E-state index is 13.5. The predicted molar refractivity (Wildman–Crippen MR) is 169 cm³/mol. The third kappa shape index (κ3) is 13.9. The van der Waals surface area contributed by atoms with Crippen molar-refractivity contribution in [3.63, 3.8) is 0 Å². The summed E-state index contributed by atoms with van der Waals surface area (Å²) < 4.78 is 79.1. The highest BCUT2D eigenvalue weighted by molar-refractivity contribution is 8.00. The van der Waals surface area contributed by atoms with Crippen LogP contribution in [0.3, 0.4) is 0 Å². The topological polar surface area (TPSA) is 163 Å². The van der Waals surface area contributed by atoms with Crippen molar-refractivity contribution in [2.24, 2.45) is 0 Å². The quantitative estimate of drug-likeness (QED) is 0.0311. The Morgan fingerprint density at radius 2 is 1.49 bits per heavy atom. The van der Waals surface area contributed by atoms with Crippen molar-refractivity contribution in [3.05, 3.63) is 29.3 Å². The largest absolute Gasteiger partial charge is 0.420 e. The normalized spacial score (nSPS) is 18.8. The number of carbonyl (C=O) groups excluding carboxylic acids is 4. The van der Waals surface area contributed by atoms with Gasteiger partial charge in [0.2, 0.25) is 29.2 Å². The number of fused-ring (bicyclic) bond motifs is 1. The van der Waals surface area contributed by atoms with E-state index in [1.807, 2.05) is 18.7 Å². The van der Waals surface area contributed by atoms with Crippen LogP contribution in [-0.4, -0.2) is 112 Å². The zero-order chi connectivity index (χ0) is 35.6. The lowest BCUT2D eigenvalue weighted by Crippen LogP contribution is -2.47. The van der Waals surface area contributed by atoms with Crippen LogP contribution in [0.15, 0.2) is 6.07 Å². The minimum atomic E-state index is -1.81. The molecule has 0 aromatic heterocycles. The van der Waals surface area contributed by atoms with E-state index >= 15 is 0 Å². The molecule has 2 heterocycles. The number of esters is 1. The molecular weight excluding hydrogens is 680 g/mol. The van der Waals surface area contributed by atoms with E-state index in [1.165, 1.54) is 0 Å². The van der Waals surface area contributed by atoms with Gasteiger partial charge in [-0.2, -0.15) is 20.5 Å². The van der Waals surface area contributed by atoms with Gasteiger partial charge >= 0.3 is 12.0 Å². The molecule has 0 spiro atoms. The monoisotopic (exact) mass is 724 g/mol. The Hall–Kier alpha value is -3.19. The molecule has 2 saturated heterocycles. The summed E-state index contributed by atoms with van der Waals surface area (Å²) in [5.74, 6) is -9.11. The van der Waals surface area contributed by atoms with E-state index in [4.69, 9.17) is 18.9 Å². The summed E-state index contributed by atoms with van der Waals surface area (Å²) in [6.45, 7) is 3.59. The standard InChI is InChI=1S/C31H44F4N4O9S/c1-2-21(37-24(40)6-4-3-5-23-28-22(18-49-23)38-31(43)39-28)30(42)36-8-10-45-12-14-47-16-15-46-13-11-44-9-7-25(41)48-29-26(34)19(32)17-20(33)27(29)35/h17,21-23,28H,2-16,18H2,1H3,(H,36,42)(H,37,40)(H2,38,39,43). The Labute approximate surface area is 286 Å². The molecule has 1 aromatic carbocycles. The second kappa shape index (κ2) is 21.8. The molecule has 2 fully saturated rings. The molecule has 1 aromatic rings. The number of hydrogen-bond acceptors (Lipinski definition) is 10. The molecule has 0 bridgehead atoms. The van der Waals surface area contributed by atoms with E-state index in [2.05, 4.69) is 26.0 Å². The lowest BCUT2D eigenvalue weighted by atomic mass is 10.0. The molecule has 2 aliphatic rings. The molecule has 4 atom stereocenters. The molecule has 4 amide bonds. The Bertz CT molecular complexity index is 1230. The van der Waals surface area contributed by atoms with Gasteiger partial charge in [0.05, 0.1) is 71.4 Å². The second-order valence-electron chi connectivity index (χ2n) is 11.2. The first-order valence-corrected chi connectivity index (χ1v) is 17.3. The summed E-state index contributed by atoms with van der Waals surface area (Å²) >= 11 is 1.84. The number of urea groups is 1. The first-order valence-electron chi connectivity index (χ1n) is 16.2. The average molecular weight is 725 g/mol. The zero-order valence-electron chi connectivity index (χ0n) is 27.3. The van der Waals surface area contributed by atoms with Crippen molar-refractivity contribution in [1.82, 2.24) is 21.3 Å². The number of ether oxygens (including phenoxy) is 5. The van der Waals surface area contributed by atoms with Crippen LogP contribution in [-0.2, 0) is 33.3 Å². The zero-order valence-corrected chi connectivity index (χ0v) is 28.1. The average Bonchev–Trinajstić information content (AvgIpc) is 3.63. The number of hydrogen-bond donors (Lipinski definition) is 4. The first-order chi connectivity index (χ1) is 23.6. The van der Waals surface area contributed by atoms with Crippen LogP contribution in [0, 0.1) is 23.3 Å². The van der Waals surface area contributed by atoms with Crippen LogP contribution in [0.25, 0.3) is 0 Å². The van der Waals surface area contributed by atoms with Gasteiger partial charge in [-0.05, 0) is 19.3 Å². The molecule has 4 N–H and O–H groups in total. The predicted octanol–water partition coefficient (Wildman–Crippen LogP) is 2.34. The molecule has 49 heavy (non-hydrogen) atoms. The highest BCUT2D eigenvalue weighted by Crippen LogP contribution is 2.33. The van der Waals surface area contributed by atoms with Crippen LogP contribution >= 0.6 is 11.8 Å². The molecule has 0 radical (unpaired) electrons. The number of amides is 4. The number of thioether (sulfide) groups is 1. The molecule has 18 heteroatoms. The van der Waals surface area contributed by atoms with Crippen LogP contribution in [0.4, 0.5) is 22.4 Å². The SMILES string of the molecule is CCC(NC(=O)CCCCC1SCC2NC(=O)NC21)C(=O)NCCOCCOCCOCCOCCC(=O)Oc1c(F)c(F)cc(F)c1F.